The number of nitrogens with zero attached hydrogens (tertiary/aromatic N) is 3. The fraction of sp³-hybridized carbons (Fsp3) is 0.692. The van der Waals surface area contributed by atoms with Gasteiger partial charge < -0.3 is 10.6 Å². The number of amidine groups is 1. The molecule has 0 aliphatic carbocycles. The fourth-order valence-corrected chi connectivity index (χ4v) is 2.43. The number of aryl methyl sites for hydroxylation is 1. The third-order valence-electron chi connectivity index (χ3n) is 4.08. The Balaban J connectivity index is 1.79. The first-order valence-corrected chi connectivity index (χ1v) is 6.54. The van der Waals surface area contributed by atoms with E-state index in [1.807, 2.05) is 17.9 Å². The first kappa shape index (κ1) is 13.1. The molecule has 0 bridgehead atoms. The summed E-state index contributed by atoms with van der Waals surface area (Å²) in [5.74, 6) is 0.342. The highest BCUT2D eigenvalue weighted by atomic mass is 15.2. The van der Waals surface area contributed by atoms with Crippen molar-refractivity contribution in [1.82, 2.24) is 14.7 Å². The molecule has 100 valence electrons. The summed E-state index contributed by atoms with van der Waals surface area (Å²) in [6, 6.07) is 0. The number of piperidine rings is 1. The van der Waals surface area contributed by atoms with Crippen LogP contribution < -0.4 is 5.73 Å². The highest BCUT2D eigenvalue weighted by Crippen LogP contribution is 2.30. The summed E-state index contributed by atoms with van der Waals surface area (Å²) in [5, 5.41) is 11.8. The predicted octanol–water partition coefficient (Wildman–Crippen LogP) is 1.00. The largest absolute Gasteiger partial charge is 0.387 e. The van der Waals surface area contributed by atoms with E-state index in [0.29, 0.717) is 5.84 Å². The molecule has 1 saturated heterocycles. The van der Waals surface area contributed by atoms with Gasteiger partial charge in [-0.15, -0.1) is 0 Å². The van der Waals surface area contributed by atoms with Crippen molar-refractivity contribution in [3.8, 4) is 0 Å². The van der Waals surface area contributed by atoms with Gasteiger partial charge in [-0.2, -0.15) is 5.10 Å². The maximum atomic E-state index is 7.64. The number of aromatic nitrogens is 2. The third-order valence-corrected chi connectivity index (χ3v) is 4.08. The van der Waals surface area contributed by atoms with E-state index in [4.69, 9.17) is 11.1 Å². The van der Waals surface area contributed by atoms with Crippen molar-refractivity contribution < 1.29 is 0 Å². The Morgan fingerprint density at radius 1 is 1.50 bits per heavy atom. The van der Waals surface area contributed by atoms with Gasteiger partial charge in [0.15, 0.2) is 0 Å². The summed E-state index contributed by atoms with van der Waals surface area (Å²) in [6.07, 6.45) is 7.04. The molecule has 2 heterocycles. The summed E-state index contributed by atoms with van der Waals surface area (Å²) < 4.78 is 1.85. The van der Waals surface area contributed by atoms with Crippen LogP contribution in [0.1, 0.15) is 25.3 Å². The van der Waals surface area contributed by atoms with Crippen LogP contribution in [0.5, 0.6) is 0 Å². The summed E-state index contributed by atoms with van der Waals surface area (Å²) in [4.78, 5) is 2.46. The van der Waals surface area contributed by atoms with Crippen molar-refractivity contribution in [3.63, 3.8) is 0 Å². The number of nitrogens with one attached hydrogen (secondary N) is 1. The van der Waals surface area contributed by atoms with E-state index in [2.05, 4.69) is 23.1 Å². The third kappa shape index (κ3) is 2.90. The van der Waals surface area contributed by atoms with Gasteiger partial charge in [0.1, 0.15) is 0 Å². The molecule has 2 rings (SSSR count). The van der Waals surface area contributed by atoms with E-state index in [-0.39, 0.29) is 5.41 Å². The van der Waals surface area contributed by atoms with Crippen LogP contribution >= 0.6 is 0 Å². The number of likely N-dealkylation sites (tertiary alicyclic amines) is 1. The molecule has 0 saturated carbocycles. The molecule has 1 aliphatic heterocycles. The quantitative estimate of drug-likeness (QED) is 0.618. The Morgan fingerprint density at radius 2 is 2.17 bits per heavy atom. The molecule has 5 nitrogen and oxygen atoms in total. The molecule has 0 atom stereocenters. The minimum Gasteiger partial charge on any atom is -0.387 e. The van der Waals surface area contributed by atoms with Crippen molar-refractivity contribution in [2.75, 3.05) is 19.6 Å². The molecule has 0 amide bonds. The number of nitrogens with two attached hydrogens (primary N) is 1. The summed E-state index contributed by atoms with van der Waals surface area (Å²) in [7, 11) is 1.95. The molecule has 1 fully saturated rings. The highest BCUT2D eigenvalue weighted by Gasteiger charge is 2.32. The minimum atomic E-state index is -0.0786. The second-order valence-electron chi connectivity index (χ2n) is 5.59. The summed E-state index contributed by atoms with van der Waals surface area (Å²) >= 11 is 0. The molecule has 0 unspecified atom stereocenters. The second-order valence-corrected chi connectivity index (χ2v) is 5.59. The number of hydrogen-bond acceptors (Lipinski definition) is 3. The van der Waals surface area contributed by atoms with Gasteiger partial charge in [-0.25, -0.2) is 0 Å². The average molecular weight is 249 g/mol. The zero-order valence-electron chi connectivity index (χ0n) is 11.3. The van der Waals surface area contributed by atoms with Crippen molar-refractivity contribution in [3.05, 3.63) is 18.0 Å². The van der Waals surface area contributed by atoms with E-state index in [0.717, 1.165) is 38.9 Å². The number of rotatable bonds is 4. The fourth-order valence-electron chi connectivity index (χ4n) is 2.43. The van der Waals surface area contributed by atoms with Crippen LogP contribution in [0.15, 0.2) is 12.4 Å². The Labute approximate surface area is 108 Å². The average Bonchev–Trinajstić information content (AvgIpc) is 2.74. The molecule has 18 heavy (non-hydrogen) atoms. The molecule has 0 aromatic carbocycles. The Hall–Kier alpha value is -1.36. The van der Waals surface area contributed by atoms with Gasteiger partial charge in [-0.05, 0) is 37.9 Å². The van der Waals surface area contributed by atoms with Gasteiger partial charge in [-0.3, -0.25) is 10.1 Å². The SMILES string of the molecule is Cn1cc(CCN2CCC(C)(C(=N)N)CC2)cn1. The Bertz CT molecular complexity index is 415. The first-order chi connectivity index (χ1) is 8.49. The van der Waals surface area contributed by atoms with Gasteiger partial charge in [0, 0.05) is 25.2 Å². The summed E-state index contributed by atoms with van der Waals surface area (Å²) in [5.41, 5.74) is 6.88. The molecule has 1 aromatic rings. The van der Waals surface area contributed by atoms with Crippen LogP contribution in [0.25, 0.3) is 0 Å². The normalized spacial score (nSPS) is 19.9. The lowest BCUT2D eigenvalue weighted by molar-refractivity contribution is 0.164. The zero-order chi connectivity index (χ0) is 13.2. The van der Waals surface area contributed by atoms with Gasteiger partial charge >= 0.3 is 0 Å². The lowest BCUT2D eigenvalue weighted by Gasteiger charge is -2.38. The van der Waals surface area contributed by atoms with Crippen LogP contribution in [-0.4, -0.2) is 40.2 Å². The zero-order valence-corrected chi connectivity index (χ0v) is 11.3. The maximum absolute atomic E-state index is 7.64. The molecule has 1 aromatic heterocycles. The summed E-state index contributed by atoms with van der Waals surface area (Å²) in [6.45, 7) is 5.25. The monoisotopic (exact) mass is 249 g/mol. The smallest absolute Gasteiger partial charge is 0.0966 e. The van der Waals surface area contributed by atoms with E-state index in [1.165, 1.54) is 5.56 Å². The standard InChI is InChI=1S/C13H23N5/c1-13(12(14)15)4-7-18(8-5-13)6-3-11-9-16-17(2)10-11/h9-10H,3-8H2,1-2H3,(H3,14,15). The van der Waals surface area contributed by atoms with Crippen LogP contribution in [0.4, 0.5) is 0 Å². The van der Waals surface area contributed by atoms with E-state index in [1.54, 1.807) is 0 Å². The van der Waals surface area contributed by atoms with Crippen LogP contribution in [0, 0.1) is 10.8 Å². The minimum absolute atomic E-state index is 0.0786. The Kier molecular flexibility index (Phi) is 3.71. The molecule has 1 aliphatic rings. The highest BCUT2D eigenvalue weighted by molar-refractivity contribution is 5.83. The van der Waals surface area contributed by atoms with E-state index >= 15 is 0 Å². The van der Waals surface area contributed by atoms with Gasteiger partial charge in [0.2, 0.25) is 0 Å². The second kappa shape index (κ2) is 5.10. The molecular formula is C13H23N5. The molecule has 3 N–H and O–H groups in total. The topological polar surface area (TPSA) is 70.9 Å². The molecule has 5 heteroatoms. The van der Waals surface area contributed by atoms with Gasteiger partial charge in [0.05, 0.1) is 12.0 Å². The van der Waals surface area contributed by atoms with Crippen molar-refractivity contribution in [2.24, 2.45) is 18.2 Å². The van der Waals surface area contributed by atoms with Crippen molar-refractivity contribution >= 4 is 5.84 Å². The molecule has 0 radical (unpaired) electrons. The number of hydrogen-bond donors (Lipinski definition) is 2. The van der Waals surface area contributed by atoms with E-state index < -0.39 is 0 Å². The van der Waals surface area contributed by atoms with Crippen LogP contribution in [-0.2, 0) is 13.5 Å². The lowest BCUT2D eigenvalue weighted by atomic mass is 9.79. The van der Waals surface area contributed by atoms with Crippen molar-refractivity contribution in [2.45, 2.75) is 26.2 Å². The molecule has 0 spiro atoms. The van der Waals surface area contributed by atoms with Gasteiger partial charge in [-0.1, -0.05) is 6.92 Å². The molecular weight excluding hydrogens is 226 g/mol. The van der Waals surface area contributed by atoms with E-state index in [9.17, 15) is 0 Å². The predicted molar refractivity (Wildman–Crippen MR) is 72.6 cm³/mol. The Morgan fingerprint density at radius 3 is 2.67 bits per heavy atom. The van der Waals surface area contributed by atoms with Crippen LogP contribution in [0.2, 0.25) is 0 Å². The lowest BCUT2D eigenvalue weighted by Crippen LogP contribution is -2.45. The van der Waals surface area contributed by atoms with Crippen LogP contribution in [0.3, 0.4) is 0 Å². The van der Waals surface area contributed by atoms with Gasteiger partial charge in [0.25, 0.3) is 0 Å². The first-order valence-electron chi connectivity index (χ1n) is 6.54. The van der Waals surface area contributed by atoms with Crippen molar-refractivity contribution in [1.29, 1.82) is 5.41 Å². The maximum Gasteiger partial charge on any atom is 0.0966 e.